The first-order chi connectivity index (χ1) is 7.95. The number of benzene rings is 1. The standard InChI is InChI=1S/C12H18N2O3/c1-13-9(12(17)14(2)3)6-8-4-5-10(15)11(16)7-8/h4-5,7,9,13,15-16H,6H2,1-3H3/t9-/m0/s1. The number of hydrogen-bond acceptors (Lipinski definition) is 4. The fourth-order valence-corrected chi connectivity index (χ4v) is 1.56. The van der Waals surface area contributed by atoms with Gasteiger partial charge in [-0.2, -0.15) is 0 Å². The fourth-order valence-electron chi connectivity index (χ4n) is 1.56. The second kappa shape index (κ2) is 5.54. The molecule has 1 aromatic carbocycles. The lowest BCUT2D eigenvalue weighted by atomic mass is 10.0. The minimum atomic E-state index is -0.339. The normalized spacial score (nSPS) is 12.2. The summed E-state index contributed by atoms with van der Waals surface area (Å²) >= 11 is 0. The number of rotatable bonds is 4. The summed E-state index contributed by atoms with van der Waals surface area (Å²) in [6.45, 7) is 0. The minimum Gasteiger partial charge on any atom is -0.504 e. The second-order valence-electron chi connectivity index (χ2n) is 4.10. The van der Waals surface area contributed by atoms with Gasteiger partial charge in [0.2, 0.25) is 5.91 Å². The monoisotopic (exact) mass is 238 g/mol. The maximum atomic E-state index is 11.8. The molecule has 0 bridgehead atoms. The van der Waals surface area contributed by atoms with Crippen LogP contribution >= 0.6 is 0 Å². The number of nitrogens with zero attached hydrogens (tertiary/aromatic N) is 1. The molecule has 0 aliphatic rings. The fraction of sp³-hybridized carbons (Fsp3) is 0.417. The maximum Gasteiger partial charge on any atom is 0.239 e. The highest BCUT2D eigenvalue weighted by atomic mass is 16.3. The molecule has 0 spiro atoms. The number of phenols is 2. The molecule has 0 saturated heterocycles. The smallest absolute Gasteiger partial charge is 0.239 e. The predicted octanol–water partition coefficient (Wildman–Crippen LogP) is 0.316. The lowest BCUT2D eigenvalue weighted by molar-refractivity contribution is -0.130. The Kier molecular flexibility index (Phi) is 4.34. The van der Waals surface area contributed by atoms with E-state index < -0.39 is 0 Å². The Morgan fingerprint density at radius 1 is 1.35 bits per heavy atom. The van der Waals surface area contributed by atoms with Gasteiger partial charge in [-0.05, 0) is 31.2 Å². The molecular formula is C12H18N2O3. The van der Waals surface area contributed by atoms with E-state index in [1.807, 2.05) is 0 Å². The highest BCUT2D eigenvalue weighted by molar-refractivity contribution is 5.81. The minimum absolute atomic E-state index is 0.0277. The van der Waals surface area contributed by atoms with Gasteiger partial charge in [-0.1, -0.05) is 6.07 Å². The summed E-state index contributed by atoms with van der Waals surface area (Å²) in [6.07, 6.45) is 0.460. The molecule has 1 amide bonds. The average molecular weight is 238 g/mol. The molecule has 5 heteroatoms. The first-order valence-electron chi connectivity index (χ1n) is 5.35. The van der Waals surface area contributed by atoms with Gasteiger partial charge in [-0.25, -0.2) is 0 Å². The quantitative estimate of drug-likeness (QED) is 0.660. The van der Waals surface area contributed by atoms with Crippen molar-refractivity contribution in [3.63, 3.8) is 0 Å². The zero-order chi connectivity index (χ0) is 13.0. The number of aromatic hydroxyl groups is 2. The van der Waals surface area contributed by atoms with Crippen molar-refractivity contribution in [2.45, 2.75) is 12.5 Å². The molecule has 3 N–H and O–H groups in total. The molecule has 5 nitrogen and oxygen atoms in total. The van der Waals surface area contributed by atoms with E-state index in [4.69, 9.17) is 0 Å². The Hall–Kier alpha value is -1.75. The zero-order valence-electron chi connectivity index (χ0n) is 10.3. The summed E-state index contributed by atoms with van der Waals surface area (Å²) in [5.41, 5.74) is 0.787. The molecule has 17 heavy (non-hydrogen) atoms. The zero-order valence-corrected chi connectivity index (χ0v) is 10.3. The maximum absolute atomic E-state index is 11.8. The molecule has 94 valence electrons. The van der Waals surface area contributed by atoms with Crippen molar-refractivity contribution < 1.29 is 15.0 Å². The summed E-state index contributed by atoms with van der Waals surface area (Å²) < 4.78 is 0. The third-order valence-electron chi connectivity index (χ3n) is 2.57. The largest absolute Gasteiger partial charge is 0.504 e. The van der Waals surface area contributed by atoms with Crippen LogP contribution in [-0.4, -0.2) is 48.2 Å². The molecule has 1 atom stereocenters. The van der Waals surface area contributed by atoms with Gasteiger partial charge in [0.15, 0.2) is 11.5 Å². The van der Waals surface area contributed by atoms with Gasteiger partial charge < -0.3 is 20.4 Å². The number of amides is 1. The van der Waals surface area contributed by atoms with Crippen LogP contribution < -0.4 is 5.32 Å². The van der Waals surface area contributed by atoms with Gasteiger partial charge >= 0.3 is 0 Å². The van der Waals surface area contributed by atoms with Crippen LogP contribution in [0, 0.1) is 0 Å². The van der Waals surface area contributed by atoms with Gasteiger partial charge in [0, 0.05) is 14.1 Å². The second-order valence-corrected chi connectivity index (χ2v) is 4.10. The molecule has 0 unspecified atom stereocenters. The molecule has 0 aromatic heterocycles. The van der Waals surface area contributed by atoms with E-state index in [1.165, 1.54) is 17.0 Å². The topological polar surface area (TPSA) is 72.8 Å². The van der Waals surface area contributed by atoms with Crippen LogP contribution in [0.2, 0.25) is 0 Å². The summed E-state index contributed by atoms with van der Waals surface area (Å²) in [7, 11) is 5.11. The van der Waals surface area contributed by atoms with Crippen molar-refractivity contribution in [2.75, 3.05) is 21.1 Å². The van der Waals surface area contributed by atoms with Crippen molar-refractivity contribution in [2.24, 2.45) is 0 Å². The number of carbonyl (C=O) groups is 1. The van der Waals surface area contributed by atoms with E-state index in [0.29, 0.717) is 6.42 Å². The number of nitrogens with one attached hydrogen (secondary N) is 1. The lowest BCUT2D eigenvalue weighted by Crippen LogP contribution is -2.43. The Morgan fingerprint density at radius 2 is 2.00 bits per heavy atom. The van der Waals surface area contributed by atoms with E-state index in [-0.39, 0.29) is 23.4 Å². The van der Waals surface area contributed by atoms with E-state index in [9.17, 15) is 15.0 Å². The highest BCUT2D eigenvalue weighted by Crippen LogP contribution is 2.25. The number of hydrogen-bond donors (Lipinski definition) is 3. The van der Waals surface area contributed by atoms with Crippen LogP contribution in [0.1, 0.15) is 5.56 Å². The molecule has 0 aliphatic heterocycles. The highest BCUT2D eigenvalue weighted by Gasteiger charge is 2.18. The molecular weight excluding hydrogens is 220 g/mol. The van der Waals surface area contributed by atoms with Crippen molar-refractivity contribution >= 4 is 5.91 Å². The predicted molar refractivity (Wildman–Crippen MR) is 65.0 cm³/mol. The lowest BCUT2D eigenvalue weighted by Gasteiger charge is -2.20. The van der Waals surface area contributed by atoms with Gasteiger partial charge in [0.05, 0.1) is 6.04 Å². The Labute approximate surface area is 101 Å². The van der Waals surface area contributed by atoms with Crippen LogP contribution in [0.25, 0.3) is 0 Å². The third-order valence-corrected chi connectivity index (χ3v) is 2.57. The first kappa shape index (κ1) is 13.3. The number of carbonyl (C=O) groups excluding carboxylic acids is 1. The van der Waals surface area contributed by atoms with Crippen molar-refractivity contribution in [3.05, 3.63) is 23.8 Å². The van der Waals surface area contributed by atoms with Gasteiger partial charge in [-0.3, -0.25) is 4.79 Å². The average Bonchev–Trinajstić information content (AvgIpc) is 2.29. The van der Waals surface area contributed by atoms with Gasteiger partial charge in [-0.15, -0.1) is 0 Å². The molecule has 1 rings (SSSR count). The van der Waals surface area contributed by atoms with Crippen LogP contribution in [-0.2, 0) is 11.2 Å². The van der Waals surface area contributed by atoms with Gasteiger partial charge in [0.25, 0.3) is 0 Å². The van der Waals surface area contributed by atoms with Crippen LogP contribution in [0.15, 0.2) is 18.2 Å². The molecule has 0 heterocycles. The van der Waals surface area contributed by atoms with E-state index >= 15 is 0 Å². The van der Waals surface area contributed by atoms with Crippen molar-refractivity contribution in [3.8, 4) is 11.5 Å². The first-order valence-corrected chi connectivity index (χ1v) is 5.35. The molecule has 0 radical (unpaired) electrons. The summed E-state index contributed by atoms with van der Waals surface area (Å²) in [6, 6.07) is 4.22. The molecule has 1 aromatic rings. The molecule has 0 saturated carbocycles. The van der Waals surface area contributed by atoms with Crippen LogP contribution in [0.4, 0.5) is 0 Å². The van der Waals surface area contributed by atoms with Gasteiger partial charge in [0.1, 0.15) is 0 Å². The molecule has 0 aliphatic carbocycles. The van der Waals surface area contributed by atoms with E-state index in [0.717, 1.165) is 5.56 Å². The summed E-state index contributed by atoms with van der Waals surface area (Å²) in [5, 5.41) is 21.5. The molecule has 0 fully saturated rings. The summed E-state index contributed by atoms with van der Waals surface area (Å²) in [4.78, 5) is 13.3. The Morgan fingerprint density at radius 3 is 2.47 bits per heavy atom. The van der Waals surface area contributed by atoms with Crippen molar-refractivity contribution in [1.29, 1.82) is 0 Å². The Balaban J connectivity index is 2.80. The van der Waals surface area contributed by atoms with Crippen molar-refractivity contribution in [1.82, 2.24) is 10.2 Å². The Bertz CT molecular complexity index is 405. The summed E-state index contributed by atoms with van der Waals surface area (Å²) in [5.74, 6) is -0.358. The van der Waals surface area contributed by atoms with E-state index in [2.05, 4.69) is 5.32 Å². The van der Waals surface area contributed by atoms with E-state index in [1.54, 1.807) is 27.2 Å². The number of phenolic OH excluding ortho intramolecular Hbond substituents is 2. The van der Waals surface area contributed by atoms with Crippen LogP contribution in [0.3, 0.4) is 0 Å². The number of likely N-dealkylation sites (N-methyl/N-ethyl adjacent to an activating group) is 2. The SMILES string of the molecule is CN[C@@H](Cc1ccc(O)c(O)c1)C(=O)N(C)C. The van der Waals surface area contributed by atoms with Crippen LogP contribution in [0.5, 0.6) is 11.5 Å². The third kappa shape index (κ3) is 3.35.